The average molecular weight is 431 g/mol. The average Bonchev–Trinajstić information content (AvgIpc) is 3.10. The van der Waals surface area contributed by atoms with Crippen LogP contribution in [0.15, 0.2) is 0 Å². The Labute approximate surface area is 196 Å². The summed E-state index contributed by atoms with van der Waals surface area (Å²) in [5, 5.41) is 0. The maximum Gasteiger partial charge on any atom is 0.136 e. The molecule has 0 aromatic heterocycles. The largest absolute Gasteiger partial charge is 0.378 e. The zero-order chi connectivity index (χ0) is 20.1. The van der Waals surface area contributed by atoms with Crippen molar-refractivity contribution in [1.29, 1.82) is 0 Å². The SMILES string of the molecule is C.CC(C)C1CCOC(C(C)C2CC(=O)C3C2CCC2C4CCCCC4CCC23)C1.[2HH].[B]. The first-order valence-electron chi connectivity index (χ1n) is 13.2. The van der Waals surface area contributed by atoms with E-state index < -0.39 is 0 Å². The van der Waals surface area contributed by atoms with Crippen molar-refractivity contribution in [3.8, 4) is 0 Å². The molecule has 0 aromatic carbocycles. The van der Waals surface area contributed by atoms with E-state index in [9.17, 15) is 4.79 Å². The van der Waals surface area contributed by atoms with Gasteiger partial charge >= 0.3 is 0 Å². The number of hydrogen-bond acceptors (Lipinski definition) is 2. The maximum absolute atomic E-state index is 13.4. The summed E-state index contributed by atoms with van der Waals surface area (Å²) in [4.78, 5) is 13.4. The van der Waals surface area contributed by atoms with E-state index in [1.165, 1.54) is 64.2 Å². The van der Waals surface area contributed by atoms with Crippen molar-refractivity contribution in [2.45, 2.75) is 105 Å². The van der Waals surface area contributed by atoms with Crippen LogP contribution in [0.5, 0.6) is 0 Å². The summed E-state index contributed by atoms with van der Waals surface area (Å²) < 4.78 is 6.31. The Morgan fingerprint density at radius 2 is 1.58 bits per heavy atom. The number of fused-ring (bicyclic) bond motifs is 5. The van der Waals surface area contributed by atoms with Gasteiger partial charge in [-0.25, -0.2) is 0 Å². The molecule has 4 aliphatic carbocycles. The summed E-state index contributed by atoms with van der Waals surface area (Å²) in [6, 6.07) is 0. The number of ether oxygens (including phenoxy) is 1. The third kappa shape index (κ3) is 4.56. The van der Waals surface area contributed by atoms with Gasteiger partial charge in [-0.15, -0.1) is 0 Å². The monoisotopic (exact) mass is 430 g/mol. The third-order valence-corrected chi connectivity index (χ3v) is 10.6. The van der Waals surface area contributed by atoms with Gasteiger partial charge in [-0.1, -0.05) is 47.5 Å². The van der Waals surface area contributed by atoms with Crippen LogP contribution in [0, 0.1) is 59.2 Å². The van der Waals surface area contributed by atoms with Crippen LogP contribution in [-0.4, -0.2) is 26.9 Å². The standard InChI is InChI=1S/C27H44O2.CH4.B.H2/c1-16(2)19-12-13-29-26(14-19)17(3)24-15-25(28)27-22-9-8-18-6-4-5-7-20(18)21(22)10-11-23(24)27;;;/h16-24,26-27H,4-15H2,1-3H3;1H4;;1H/i;;;1+1. The van der Waals surface area contributed by atoms with Crippen molar-refractivity contribution in [2.75, 3.05) is 6.61 Å². The Kier molecular flexibility index (Phi) is 8.42. The van der Waals surface area contributed by atoms with Gasteiger partial charge in [0.15, 0.2) is 0 Å². The van der Waals surface area contributed by atoms with Gasteiger partial charge in [0.25, 0.3) is 0 Å². The summed E-state index contributed by atoms with van der Waals surface area (Å²) >= 11 is 0. The number of carbonyl (C=O) groups is 1. The molecular formula is C28H50BO2. The molecule has 3 radical (unpaired) electrons. The highest BCUT2D eigenvalue weighted by molar-refractivity contribution is 5.84. The maximum atomic E-state index is 13.4. The first-order chi connectivity index (χ1) is 14.0. The molecule has 1 heterocycles. The fourth-order valence-corrected chi connectivity index (χ4v) is 9.01. The van der Waals surface area contributed by atoms with Gasteiger partial charge in [0, 0.05) is 28.8 Å². The molecule has 0 spiro atoms. The van der Waals surface area contributed by atoms with Gasteiger partial charge in [-0.3, -0.25) is 4.79 Å². The van der Waals surface area contributed by atoms with Crippen molar-refractivity contribution in [1.82, 2.24) is 0 Å². The third-order valence-electron chi connectivity index (χ3n) is 10.6. The molecule has 10 atom stereocenters. The molecule has 4 saturated carbocycles. The predicted molar refractivity (Wildman–Crippen MR) is 132 cm³/mol. The highest BCUT2D eigenvalue weighted by atomic mass is 16.5. The molecule has 3 heteroatoms. The molecule has 5 aliphatic rings. The van der Waals surface area contributed by atoms with E-state index in [4.69, 9.17) is 4.74 Å². The highest BCUT2D eigenvalue weighted by Gasteiger charge is 2.55. The van der Waals surface area contributed by atoms with Crippen molar-refractivity contribution < 1.29 is 11.0 Å². The van der Waals surface area contributed by atoms with Crippen LogP contribution in [0.1, 0.15) is 100 Å². The molecule has 2 nitrogen and oxygen atoms in total. The van der Waals surface area contributed by atoms with Crippen LogP contribution < -0.4 is 0 Å². The van der Waals surface area contributed by atoms with E-state index in [1.807, 2.05) is 0 Å². The van der Waals surface area contributed by atoms with Gasteiger partial charge in [0.05, 0.1) is 6.10 Å². The normalized spacial score (nSPS) is 45.5. The van der Waals surface area contributed by atoms with E-state index in [0.29, 0.717) is 35.6 Å². The molecule has 0 N–H and O–H groups in total. The number of hydrogen-bond donors (Lipinski definition) is 0. The molecule has 1 saturated heterocycles. The fraction of sp³-hybridized carbons (Fsp3) is 0.964. The van der Waals surface area contributed by atoms with Crippen LogP contribution in [0.2, 0.25) is 0 Å². The molecule has 0 aromatic rings. The Morgan fingerprint density at radius 3 is 2.35 bits per heavy atom. The quantitative estimate of drug-likeness (QED) is 0.450. The van der Waals surface area contributed by atoms with Crippen LogP contribution in [0.4, 0.5) is 0 Å². The summed E-state index contributed by atoms with van der Waals surface area (Å²) in [6.07, 6.45) is 15.1. The number of ketones is 1. The lowest BCUT2D eigenvalue weighted by molar-refractivity contribution is -0.127. The van der Waals surface area contributed by atoms with Crippen molar-refractivity contribution in [3.05, 3.63) is 0 Å². The predicted octanol–water partition coefficient (Wildman–Crippen LogP) is 7.02. The van der Waals surface area contributed by atoms with Crippen molar-refractivity contribution in [3.63, 3.8) is 0 Å². The summed E-state index contributed by atoms with van der Waals surface area (Å²) in [7, 11) is 0. The Morgan fingerprint density at radius 1 is 0.871 bits per heavy atom. The zero-order valence-corrected chi connectivity index (χ0v) is 19.7. The molecule has 0 amide bonds. The summed E-state index contributed by atoms with van der Waals surface area (Å²) in [6.45, 7) is 8.10. The molecular weight excluding hydrogens is 379 g/mol. The second kappa shape index (κ2) is 10.3. The minimum atomic E-state index is 0. The molecule has 10 unspecified atom stereocenters. The van der Waals surface area contributed by atoms with E-state index >= 15 is 0 Å². The number of rotatable bonds is 3. The second-order valence-electron chi connectivity index (χ2n) is 12.0. The Bertz CT molecular complexity index is 610. The number of Topliss-reactive ketones (excluding diaryl/α,β-unsaturated/α-hetero) is 1. The Hall–Kier alpha value is -0.305. The lowest BCUT2D eigenvalue weighted by Gasteiger charge is -2.52. The van der Waals surface area contributed by atoms with Gasteiger partial charge in [0.2, 0.25) is 0 Å². The summed E-state index contributed by atoms with van der Waals surface area (Å²) in [5.41, 5.74) is 0. The van der Waals surface area contributed by atoms with Crippen LogP contribution >= 0.6 is 0 Å². The second-order valence-corrected chi connectivity index (χ2v) is 12.0. The smallest absolute Gasteiger partial charge is 0.136 e. The van der Waals surface area contributed by atoms with Crippen LogP contribution in [0.25, 0.3) is 0 Å². The Balaban J connectivity index is 0.00000121. The first kappa shape index (κ1) is 25.3. The van der Waals surface area contributed by atoms with Gasteiger partial charge in [0.1, 0.15) is 5.78 Å². The fourth-order valence-electron chi connectivity index (χ4n) is 9.01. The van der Waals surface area contributed by atoms with Gasteiger partial charge < -0.3 is 4.74 Å². The lowest BCUT2D eigenvalue weighted by atomic mass is 9.53. The lowest BCUT2D eigenvalue weighted by Crippen LogP contribution is -2.46. The van der Waals surface area contributed by atoms with Gasteiger partial charge in [-0.2, -0.15) is 0 Å². The molecule has 177 valence electrons. The highest BCUT2D eigenvalue weighted by Crippen LogP contribution is 2.59. The van der Waals surface area contributed by atoms with Gasteiger partial charge in [-0.05, 0) is 98.2 Å². The molecule has 1 aliphatic heterocycles. The topological polar surface area (TPSA) is 26.3 Å². The van der Waals surface area contributed by atoms with Crippen LogP contribution in [0.3, 0.4) is 0 Å². The zero-order valence-electron chi connectivity index (χ0n) is 19.7. The van der Waals surface area contributed by atoms with E-state index in [-0.39, 0.29) is 17.3 Å². The van der Waals surface area contributed by atoms with Crippen molar-refractivity contribution in [2.24, 2.45) is 59.2 Å². The minimum absolute atomic E-state index is 0. The molecule has 0 bridgehead atoms. The minimum Gasteiger partial charge on any atom is -0.378 e. The van der Waals surface area contributed by atoms with E-state index in [2.05, 4.69) is 20.8 Å². The molecule has 31 heavy (non-hydrogen) atoms. The molecule has 5 fully saturated rings. The number of carbonyl (C=O) groups excluding carboxylic acids is 1. The van der Waals surface area contributed by atoms with E-state index in [1.54, 1.807) is 0 Å². The summed E-state index contributed by atoms with van der Waals surface area (Å²) in [5.74, 6) is 8.00. The first-order valence-corrected chi connectivity index (χ1v) is 13.2. The molecule has 5 rings (SSSR count). The van der Waals surface area contributed by atoms with E-state index in [0.717, 1.165) is 48.5 Å². The van der Waals surface area contributed by atoms with Crippen molar-refractivity contribution >= 4 is 14.2 Å². The van der Waals surface area contributed by atoms with Crippen LogP contribution in [-0.2, 0) is 9.53 Å².